The smallest absolute Gasteiger partial charge is 0.476 e. The summed E-state index contributed by atoms with van der Waals surface area (Å²) in [5.74, 6) is -1.39. The van der Waals surface area contributed by atoms with Crippen LogP contribution in [0.15, 0.2) is 28.8 Å². The van der Waals surface area contributed by atoms with Crippen LogP contribution in [0.5, 0.6) is 11.5 Å². The number of carboxylic acids is 1. The Morgan fingerprint density at radius 1 is 1.21 bits per heavy atom. The van der Waals surface area contributed by atoms with Crippen molar-refractivity contribution in [3.63, 3.8) is 0 Å². The highest BCUT2D eigenvalue weighted by Crippen LogP contribution is 2.42. The molecule has 2 heterocycles. The van der Waals surface area contributed by atoms with E-state index < -0.39 is 12.3 Å². The molecule has 0 saturated heterocycles. The van der Waals surface area contributed by atoms with Gasteiger partial charge in [-0.15, -0.1) is 8.78 Å². The molecule has 0 atom stereocenters. The van der Waals surface area contributed by atoms with Gasteiger partial charge in [0.05, 0.1) is 0 Å². The van der Waals surface area contributed by atoms with Gasteiger partial charge in [-0.1, -0.05) is 5.16 Å². The molecule has 0 unspecified atom stereocenters. The van der Waals surface area contributed by atoms with Crippen LogP contribution in [0.25, 0.3) is 11.3 Å². The topological polar surface area (TPSA) is 81.8 Å². The van der Waals surface area contributed by atoms with Crippen molar-refractivity contribution in [3.8, 4) is 22.8 Å². The highest BCUT2D eigenvalue weighted by atomic mass is 19.3. The molecule has 19 heavy (non-hydrogen) atoms. The van der Waals surface area contributed by atoms with Gasteiger partial charge in [-0.25, -0.2) is 4.79 Å². The van der Waals surface area contributed by atoms with Gasteiger partial charge in [0.2, 0.25) is 0 Å². The zero-order chi connectivity index (χ0) is 13.6. The maximum atomic E-state index is 12.8. The zero-order valence-corrected chi connectivity index (χ0v) is 9.09. The number of aromatic carboxylic acids is 1. The van der Waals surface area contributed by atoms with Crippen LogP contribution in [-0.4, -0.2) is 22.5 Å². The second-order valence-corrected chi connectivity index (χ2v) is 3.71. The average molecular weight is 269 g/mol. The van der Waals surface area contributed by atoms with Gasteiger partial charge in [0.15, 0.2) is 23.0 Å². The fraction of sp³-hybridized carbons (Fsp3) is 0.0909. The standard InChI is InChI=1S/C11H5F2NO5/c12-11(13)17-7-2-1-5(3-9(7)18-11)8-4-6(10(15)16)14-19-8/h1-4H,(H,15,16). The van der Waals surface area contributed by atoms with E-state index in [1.807, 2.05) is 0 Å². The second kappa shape index (κ2) is 3.67. The first-order valence-electron chi connectivity index (χ1n) is 5.05. The Bertz CT molecular complexity index is 667. The SMILES string of the molecule is O=C(O)c1cc(-c2ccc3c(c2)OC(F)(F)O3)on1. The van der Waals surface area contributed by atoms with Crippen molar-refractivity contribution in [2.24, 2.45) is 0 Å². The number of fused-ring (bicyclic) bond motifs is 1. The molecule has 1 aromatic carbocycles. The molecule has 8 heteroatoms. The number of alkyl halides is 2. The van der Waals surface area contributed by atoms with Gasteiger partial charge in [-0.2, -0.15) is 0 Å². The summed E-state index contributed by atoms with van der Waals surface area (Å²) in [6.45, 7) is 0. The van der Waals surface area contributed by atoms with E-state index in [0.717, 1.165) is 0 Å². The van der Waals surface area contributed by atoms with Crippen molar-refractivity contribution < 1.29 is 32.7 Å². The molecule has 98 valence electrons. The van der Waals surface area contributed by atoms with Crippen molar-refractivity contribution in [3.05, 3.63) is 30.0 Å². The maximum absolute atomic E-state index is 12.8. The number of hydrogen-bond donors (Lipinski definition) is 1. The minimum Gasteiger partial charge on any atom is -0.476 e. The third-order valence-electron chi connectivity index (χ3n) is 2.42. The number of ether oxygens (including phenoxy) is 2. The lowest BCUT2D eigenvalue weighted by molar-refractivity contribution is -0.286. The Balaban J connectivity index is 1.97. The molecular weight excluding hydrogens is 264 g/mol. The third kappa shape index (κ3) is 1.96. The van der Waals surface area contributed by atoms with Crippen LogP contribution < -0.4 is 9.47 Å². The van der Waals surface area contributed by atoms with Crippen molar-refractivity contribution >= 4 is 5.97 Å². The molecule has 3 rings (SSSR count). The molecule has 0 radical (unpaired) electrons. The summed E-state index contributed by atoms with van der Waals surface area (Å²) in [7, 11) is 0. The third-order valence-corrected chi connectivity index (χ3v) is 2.42. The van der Waals surface area contributed by atoms with E-state index in [1.165, 1.54) is 24.3 Å². The summed E-state index contributed by atoms with van der Waals surface area (Å²) in [5, 5.41) is 12.0. The fourth-order valence-electron chi connectivity index (χ4n) is 1.61. The normalized spacial score (nSPS) is 15.5. The first kappa shape index (κ1) is 11.5. The van der Waals surface area contributed by atoms with Gasteiger partial charge in [-0.3, -0.25) is 0 Å². The van der Waals surface area contributed by atoms with E-state index >= 15 is 0 Å². The molecule has 1 N–H and O–H groups in total. The van der Waals surface area contributed by atoms with E-state index in [4.69, 9.17) is 9.63 Å². The van der Waals surface area contributed by atoms with Gasteiger partial charge in [-0.05, 0) is 18.2 Å². The Labute approximate surface area is 104 Å². The molecule has 0 spiro atoms. The number of rotatable bonds is 2. The minimum absolute atomic E-state index is 0.105. The van der Waals surface area contributed by atoms with Crippen molar-refractivity contribution in [2.45, 2.75) is 6.29 Å². The molecule has 1 aliphatic heterocycles. The number of halogens is 2. The predicted molar refractivity (Wildman–Crippen MR) is 55.1 cm³/mol. The van der Waals surface area contributed by atoms with Crippen LogP contribution in [0.3, 0.4) is 0 Å². The number of aromatic nitrogens is 1. The summed E-state index contributed by atoms with van der Waals surface area (Å²) in [4.78, 5) is 10.7. The number of benzene rings is 1. The lowest BCUT2D eigenvalue weighted by Gasteiger charge is -2.04. The molecule has 0 saturated carbocycles. The quantitative estimate of drug-likeness (QED) is 0.901. The summed E-state index contributed by atoms with van der Waals surface area (Å²) >= 11 is 0. The summed E-state index contributed by atoms with van der Waals surface area (Å²) in [6.07, 6.45) is -3.70. The molecule has 0 fully saturated rings. The zero-order valence-electron chi connectivity index (χ0n) is 9.09. The molecular formula is C11H5F2NO5. The maximum Gasteiger partial charge on any atom is 0.586 e. The highest BCUT2D eigenvalue weighted by molar-refractivity contribution is 5.86. The van der Waals surface area contributed by atoms with Crippen LogP contribution in [0.4, 0.5) is 8.78 Å². The largest absolute Gasteiger partial charge is 0.586 e. The Hall–Kier alpha value is -2.64. The molecule has 1 aromatic heterocycles. The molecule has 0 amide bonds. The van der Waals surface area contributed by atoms with Gasteiger partial charge >= 0.3 is 12.3 Å². The van der Waals surface area contributed by atoms with Gasteiger partial charge in [0.1, 0.15) is 0 Å². The predicted octanol–water partition coefficient (Wildman–Crippen LogP) is 2.36. The molecule has 0 bridgehead atoms. The van der Waals surface area contributed by atoms with Gasteiger partial charge < -0.3 is 19.1 Å². The van der Waals surface area contributed by atoms with E-state index in [0.29, 0.717) is 5.56 Å². The molecule has 1 aliphatic rings. The number of carboxylic acid groups (broad SMARTS) is 1. The summed E-state index contributed by atoms with van der Waals surface area (Å²) in [6, 6.07) is 5.13. The lowest BCUT2D eigenvalue weighted by Crippen LogP contribution is -2.25. The van der Waals surface area contributed by atoms with Crippen LogP contribution in [-0.2, 0) is 0 Å². The van der Waals surface area contributed by atoms with Crippen LogP contribution in [0.1, 0.15) is 10.5 Å². The average Bonchev–Trinajstić information content (AvgIpc) is 2.89. The van der Waals surface area contributed by atoms with E-state index in [9.17, 15) is 13.6 Å². The van der Waals surface area contributed by atoms with E-state index in [-0.39, 0.29) is 23.0 Å². The number of nitrogens with zero attached hydrogens (tertiary/aromatic N) is 1. The lowest BCUT2D eigenvalue weighted by atomic mass is 10.1. The first-order valence-corrected chi connectivity index (χ1v) is 5.05. The van der Waals surface area contributed by atoms with Crippen LogP contribution >= 0.6 is 0 Å². The summed E-state index contributed by atoms with van der Waals surface area (Å²) in [5.41, 5.74) is 0.0676. The molecule has 6 nitrogen and oxygen atoms in total. The monoisotopic (exact) mass is 269 g/mol. The summed E-state index contributed by atoms with van der Waals surface area (Å²) < 4.78 is 39.0. The van der Waals surface area contributed by atoms with Gasteiger partial charge in [0.25, 0.3) is 0 Å². The second-order valence-electron chi connectivity index (χ2n) is 3.71. The van der Waals surface area contributed by atoms with Gasteiger partial charge in [0, 0.05) is 11.6 Å². The highest BCUT2D eigenvalue weighted by Gasteiger charge is 2.43. The van der Waals surface area contributed by atoms with Crippen molar-refractivity contribution in [1.29, 1.82) is 0 Å². The van der Waals surface area contributed by atoms with Crippen molar-refractivity contribution in [2.75, 3.05) is 0 Å². The van der Waals surface area contributed by atoms with Crippen LogP contribution in [0.2, 0.25) is 0 Å². The first-order chi connectivity index (χ1) is 8.94. The van der Waals surface area contributed by atoms with Crippen LogP contribution in [0, 0.1) is 0 Å². The number of carbonyl (C=O) groups is 1. The fourth-order valence-corrected chi connectivity index (χ4v) is 1.61. The Morgan fingerprint density at radius 2 is 1.95 bits per heavy atom. The van der Waals surface area contributed by atoms with Crippen molar-refractivity contribution in [1.82, 2.24) is 5.16 Å². The minimum atomic E-state index is -3.70. The number of hydrogen-bond acceptors (Lipinski definition) is 5. The Morgan fingerprint density at radius 3 is 2.63 bits per heavy atom. The molecule has 2 aromatic rings. The molecule has 0 aliphatic carbocycles. The van der Waals surface area contributed by atoms with E-state index in [1.54, 1.807) is 0 Å². The Kier molecular flexibility index (Phi) is 2.21. The van der Waals surface area contributed by atoms with E-state index in [2.05, 4.69) is 14.6 Å².